The van der Waals surface area contributed by atoms with Crippen molar-refractivity contribution in [3.05, 3.63) is 35.7 Å². The Morgan fingerprint density at radius 3 is 2.57 bits per heavy atom. The van der Waals surface area contributed by atoms with Crippen LogP contribution in [0, 0.1) is 6.92 Å². The van der Waals surface area contributed by atoms with E-state index in [1.807, 2.05) is 31.2 Å². The minimum Gasteiger partial charge on any atom is -0.368 e. The number of nitrogens with two attached hydrogens (primary N) is 2. The van der Waals surface area contributed by atoms with Gasteiger partial charge in [0, 0.05) is 5.69 Å². The van der Waals surface area contributed by atoms with E-state index >= 15 is 0 Å². The molecule has 3 rings (SSSR count). The van der Waals surface area contributed by atoms with E-state index < -0.39 is 0 Å². The number of anilines is 4. The van der Waals surface area contributed by atoms with Gasteiger partial charge in [0.25, 0.3) is 0 Å². The molecular formula is C13H15N9S. The molecule has 0 aliphatic rings. The molecule has 3 aromatic rings. The monoisotopic (exact) mass is 329 g/mol. The van der Waals surface area contributed by atoms with Gasteiger partial charge in [-0.25, -0.2) is 5.10 Å². The van der Waals surface area contributed by atoms with Crippen LogP contribution in [0.1, 0.15) is 11.4 Å². The van der Waals surface area contributed by atoms with E-state index in [9.17, 15) is 0 Å². The zero-order valence-corrected chi connectivity index (χ0v) is 13.1. The summed E-state index contributed by atoms with van der Waals surface area (Å²) in [7, 11) is 0. The first-order chi connectivity index (χ1) is 11.1. The maximum atomic E-state index is 5.74. The molecule has 10 heteroatoms. The molecule has 0 amide bonds. The number of aromatic amines is 1. The first kappa shape index (κ1) is 15.0. The first-order valence-electron chi connectivity index (χ1n) is 6.73. The largest absolute Gasteiger partial charge is 0.368 e. The Kier molecular flexibility index (Phi) is 4.24. The predicted octanol–water partition coefficient (Wildman–Crippen LogP) is 1.50. The Morgan fingerprint density at radius 1 is 1.09 bits per heavy atom. The maximum Gasteiger partial charge on any atom is 0.232 e. The van der Waals surface area contributed by atoms with Crippen molar-refractivity contribution in [2.45, 2.75) is 17.8 Å². The average Bonchev–Trinajstić information content (AvgIpc) is 2.93. The number of nitrogens with zero attached hydrogens (tertiary/aromatic N) is 5. The van der Waals surface area contributed by atoms with Crippen LogP contribution in [0.25, 0.3) is 0 Å². The minimum atomic E-state index is 0.153. The number of nitrogens with one attached hydrogen (secondary N) is 2. The topological polar surface area (TPSA) is 144 Å². The Bertz CT molecular complexity index is 799. The van der Waals surface area contributed by atoms with Gasteiger partial charge in [0.15, 0.2) is 0 Å². The summed E-state index contributed by atoms with van der Waals surface area (Å²) in [4.78, 5) is 16.5. The highest BCUT2D eigenvalue weighted by molar-refractivity contribution is 7.98. The van der Waals surface area contributed by atoms with E-state index in [0.29, 0.717) is 22.7 Å². The molecule has 118 valence electrons. The fourth-order valence-electron chi connectivity index (χ4n) is 1.78. The lowest BCUT2D eigenvalue weighted by molar-refractivity contribution is 0.955. The van der Waals surface area contributed by atoms with Crippen molar-refractivity contribution >= 4 is 35.3 Å². The third kappa shape index (κ3) is 4.07. The highest BCUT2D eigenvalue weighted by atomic mass is 32.2. The molecule has 0 aliphatic heterocycles. The lowest BCUT2D eigenvalue weighted by Crippen LogP contribution is -2.06. The Balaban J connectivity index is 1.72. The Hall–Kier alpha value is -2.88. The van der Waals surface area contributed by atoms with Gasteiger partial charge in [-0.15, -0.1) is 5.10 Å². The molecule has 0 atom stereocenters. The van der Waals surface area contributed by atoms with Crippen molar-refractivity contribution in [1.29, 1.82) is 0 Å². The molecule has 1 aromatic carbocycles. The van der Waals surface area contributed by atoms with Crippen LogP contribution in [0.4, 0.5) is 23.5 Å². The molecule has 0 saturated carbocycles. The third-order valence-corrected chi connectivity index (χ3v) is 3.66. The van der Waals surface area contributed by atoms with Gasteiger partial charge in [0.1, 0.15) is 5.82 Å². The van der Waals surface area contributed by atoms with Gasteiger partial charge in [0.2, 0.25) is 23.0 Å². The van der Waals surface area contributed by atoms with Gasteiger partial charge in [-0.1, -0.05) is 29.5 Å². The van der Waals surface area contributed by atoms with Gasteiger partial charge >= 0.3 is 0 Å². The number of aryl methyl sites for hydroxylation is 1. The summed E-state index contributed by atoms with van der Waals surface area (Å²) < 4.78 is 0. The van der Waals surface area contributed by atoms with Crippen LogP contribution in [0.5, 0.6) is 0 Å². The molecule has 6 N–H and O–H groups in total. The van der Waals surface area contributed by atoms with Crippen molar-refractivity contribution in [2.75, 3.05) is 16.8 Å². The van der Waals surface area contributed by atoms with Gasteiger partial charge in [0.05, 0.1) is 5.75 Å². The van der Waals surface area contributed by atoms with Crippen LogP contribution in [0.2, 0.25) is 0 Å². The summed E-state index contributed by atoms with van der Waals surface area (Å²) >= 11 is 1.35. The Morgan fingerprint density at radius 2 is 1.87 bits per heavy atom. The van der Waals surface area contributed by atoms with E-state index in [-0.39, 0.29) is 11.9 Å². The summed E-state index contributed by atoms with van der Waals surface area (Å²) in [6, 6.07) is 7.88. The second-order valence-corrected chi connectivity index (χ2v) is 5.66. The van der Waals surface area contributed by atoms with E-state index in [4.69, 9.17) is 11.5 Å². The number of aromatic nitrogens is 6. The number of hydrogen-bond donors (Lipinski definition) is 4. The molecule has 0 bridgehead atoms. The molecular weight excluding hydrogens is 314 g/mol. The van der Waals surface area contributed by atoms with E-state index in [2.05, 4.69) is 35.5 Å². The molecule has 0 unspecified atom stereocenters. The van der Waals surface area contributed by atoms with E-state index in [1.54, 1.807) is 0 Å². The summed E-state index contributed by atoms with van der Waals surface area (Å²) in [6.45, 7) is 2.02. The van der Waals surface area contributed by atoms with Gasteiger partial charge in [-0.2, -0.15) is 19.9 Å². The number of benzene rings is 1. The summed E-state index contributed by atoms with van der Waals surface area (Å²) in [6.07, 6.45) is 0. The number of thioether (sulfide) groups is 1. The van der Waals surface area contributed by atoms with Crippen molar-refractivity contribution in [1.82, 2.24) is 30.1 Å². The molecule has 0 aliphatic carbocycles. The normalized spacial score (nSPS) is 10.7. The fraction of sp³-hybridized carbons (Fsp3) is 0.154. The van der Waals surface area contributed by atoms with Gasteiger partial charge < -0.3 is 16.8 Å². The third-order valence-electron chi connectivity index (χ3n) is 2.82. The first-order valence-corrected chi connectivity index (χ1v) is 7.72. The highest BCUT2D eigenvalue weighted by Gasteiger charge is 2.08. The number of hydrogen-bond acceptors (Lipinski definition) is 9. The van der Waals surface area contributed by atoms with Crippen molar-refractivity contribution in [2.24, 2.45) is 0 Å². The second kappa shape index (κ2) is 6.48. The van der Waals surface area contributed by atoms with Crippen LogP contribution in [0.3, 0.4) is 0 Å². The molecule has 0 saturated heterocycles. The lowest BCUT2D eigenvalue weighted by Gasteiger charge is -2.07. The molecule has 9 nitrogen and oxygen atoms in total. The van der Waals surface area contributed by atoms with Crippen LogP contribution in [-0.2, 0) is 5.75 Å². The maximum absolute atomic E-state index is 5.74. The lowest BCUT2D eigenvalue weighted by atomic mass is 10.2. The average molecular weight is 329 g/mol. The SMILES string of the molecule is Cc1ccc(Nc2nc(N)nc(CSc3n[nH]c(N)n3)n2)cc1. The number of rotatable bonds is 5. The standard InChI is InChI=1S/C13H15N9S/c1-7-2-4-8(5-3-7)16-12-18-9(17-10(14)19-12)6-23-13-20-11(15)21-22-13/h2-5H,6H2,1H3,(H3,15,20,21,22)(H3,14,16,17,18,19). The van der Waals surface area contributed by atoms with Crippen LogP contribution < -0.4 is 16.8 Å². The summed E-state index contributed by atoms with van der Waals surface area (Å²) in [5, 5.41) is 10.1. The number of H-pyrrole nitrogens is 1. The van der Waals surface area contributed by atoms with E-state index in [0.717, 1.165) is 5.69 Å². The molecule has 0 spiro atoms. The Labute approximate surface area is 136 Å². The molecule has 0 fully saturated rings. The molecule has 2 heterocycles. The zero-order valence-electron chi connectivity index (χ0n) is 12.3. The predicted molar refractivity (Wildman–Crippen MR) is 89.1 cm³/mol. The van der Waals surface area contributed by atoms with Crippen LogP contribution in [-0.4, -0.2) is 30.1 Å². The molecule has 23 heavy (non-hydrogen) atoms. The smallest absolute Gasteiger partial charge is 0.232 e. The quantitative estimate of drug-likeness (QED) is 0.511. The van der Waals surface area contributed by atoms with Gasteiger partial charge in [-0.05, 0) is 19.1 Å². The van der Waals surface area contributed by atoms with Crippen molar-refractivity contribution in [3.8, 4) is 0 Å². The highest BCUT2D eigenvalue weighted by Crippen LogP contribution is 2.19. The molecule has 2 aromatic heterocycles. The summed E-state index contributed by atoms with van der Waals surface area (Å²) in [5.41, 5.74) is 13.3. The van der Waals surface area contributed by atoms with Crippen molar-refractivity contribution in [3.63, 3.8) is 0 Å². The number of nitrogen functional groups attached to an aromatic ring is 2. The van der Waals surface area contributed by atoms with Gasteiger partial charge in [-0.3, -0.25) is 0 Å². The molecule has 0 radical (unpaired) electrons. The van der Waals surface area contributed by atoms with Crippen LogP contribution in [0.15, 0.2) is 29.4 Å². The summed E-state index contributed by atoms with van der Waals surface area (Å²) in [5.74, 6) is 1.79. The zero-order chi connectivity index (χ0) is 16.2. The second-order valence-electron chi connectivity index (χ2n) is 4.72. The van der Waals surface area contributed by atoms with Crippen LogP contribution >= 0.6 is 11.8 Å². The van der Waals surface area contributed by atoms with E-state index in [1.165, 1.54) is 17.3 Å². The minimum absolute atomic E-state index is 0.153. The fourth-order valence-corrected chi connectivity index (χ4v) is 2.44. The van der Waals surface area contributed by atoms with Crippen molar-refractivity contribution < 1.29 is 0 Å².